The number of nitrogens with one attached hydrogen (secondary N) is 1. The van der Waals surface area contributed by atoms with Crippen LogP contribution >= 0.6 is 0 Å². The quantitative estimate of drug-likeness (QED) is 0.521. The van der Waals surface area contributed by atoms with E-state index in [4.69, 9.17) is 15.2 Å². The van der Waals surface area contributed by atoms with E-state index in [2.05, 4.69) is 10.2 Å². The molecule has 1 aliphatic heterocycles. The number of ether oxygens (including phenoxy) is 2. The summed E-state index contributed by atoms with van der Waals surface area (Å²) in [7, 11) is 0. The molecule has 0 saturated carbocycles. The lowest BCUT2D eigenvalue weighted by molar-refractivity contribution is -0.133. The number of carbonyl (C=O) groups is 2. The number of carboxylic acid groups (broad SMARTS) is 1. The lowest BCUT2D eigenvalue weighted by atomic mass is 9.85. The molecule has 2 rings (SSSR count). The van der Waals surface area contributed by atoms with Crippen LogP contribution in [0.4, 0.5) is 0 Å². The molecule has 148 valence electrons. The lowest BCUT2D eigenvalue weighted by Gasteiger charge is -2.44. The Morgan fingerprint density at radius 1 is 1.42 bits per heavy atom. The van der Waals surface area contributed by atoms with Gasteiger partial charge in [0.25, 0.3) is 0 Å². The fraction of sp³-hybridized carbons (Fsp3) is 0.778. The largest absolute Gasteiger partial charge is 0.478 e. The molecule has 1 saturated heterocycles. The maximum Gasteiger partial charge on any atom is 0.331 e. The summed E-state index contributed by atoms with van der Waals surface area (Å²) in [5, 5.41) is 12.3. The van der Waals surface area contributed by atoms with Crippen molar-refractivity contribution in [2.24, 2.45) is 5.73 Å². The number of aliphatic carboxylic acids is 1. The summed E-state index contributed by atoms with van der Waals surface area (Å²) >= 11 is 0. The van der Waals surface area contributed by atoms with Gasteiger partial charge in [-0.05, 0) is 32.7 Å². The molecule has 0 aromatic heterocycles. The molecule has 0 spiro atoms. The summed E-state index contributed by atoms with van der Waals surface area (Å²) < 4.78 is 11.2. The van der Waals surface area contributed by atoms with Crippen LogP contribution in [0, 0.1) is 0 Å². The molecule has 4 N–H and O–H groups in total. The highest BCUT2D eigenvalue weighted by Gasteiger charge is 2.38. The molecule has 8 nitrogen and oxygen atoms in total. The monoisotopic (exact) mass is 369 g/mol. The van der Waals surface area contributed by atoms with E-state index in [0.717, 1.165) is 19.4 Å². The molecule has 8 heteroatoms. The van der Waals surface area contributed by atoms with E-state index >= 15 is 0 Å². The van der Waals surface area contributed by atoms with Gasteiger partial charge in [-0.25, -0.2) is 4.79 Å². The van der Waals surface area contributed by atoms with Crippen LogP contribution in [0.2, 0.25) is 0 Å². The Kier molecular flexibility index (Phi) is 8.02. The van der Waals surface area contributed by atoms with Crippen LogP contribution in [-0.2, 0) is 19.1 Å². The van der Waals surface area contributed by atoms with Crippen molar-refractivity contribution >= 4 is 11.9 Å². The van der Waals surface area contributed by atoms with Gasteiger partial charge in [0.1, 0.15) is 0 Å². The highest BCUT2D eigenvalue weighted by atomic mass is 16.5. The lowest BCUT2D eigenvalue weighted by Crippen LogP contribution is -2.62. The smallest absolute Gasteiger partial charge is 0.331 e. The predicted molar refractivity (Wildman–Crippen MR) is 96.7 cm³/mol. The summed E-state index contributed by atoms with van der Waals surface area (Å²) in [6.45, 7) is 6.69. The van der Waals surface area contributed by atoms with Crippen LogP contribution in [0.3, 0.4) is 0 Å². The molecule has 0 radical (unpaired) electrons. The Morgan fingerprint density at radius 3 is 2.85 bits per heavy atom. The first-order valence-electron chi connectivity index (χ1n) is 9.32. The number of hydrogen-bond donors (Lipinski definition) is 3. The van der Waals surface area contributed by atoms with Crippen LogP contribution in [0.25, 0.3) is 0 Å². The summed E-state index contributed by atoms with van der Waals surface area (Å²) in [6, 6.07) is -0.982. The second-order valence-electron chi connectivity index (χ2n) is 6.91. The Bertz CT molecular complexity index is 525. The molecule has 2 aliphatic rings. The van der Waals surface area contributed by atoms with Crippen LogP contribution in [0.5, 0.6) is 0 Å². The molecule has 0 bridgehead atoms. The van der Waals surface area contributed by atoms with E-state index in [0.29, 0.717) is 31.9 Å². The highest BCUT2D eigenvalue weighted by molar-refractivity contribution is 5.87. The molecular weight excluding hydrogens is 338 g/mol. The number of carboxylic acids is 1. The van der Waals surface area contributed by atoms with E-state index in [-0.39, 0.29) is 30.5 Å². The van der Waals surface area contributed by atoms with E-state index in [9.17, 15) is 14.7 Å². The van der Waals surface area contributed by atoms with Crippen molar-refractivity contribution in [3.63, 3.8) is 0 Å². The first-order valence-corrected chi connectivity index (χ1v) is 9.32. The molecule has 1 aliphatic carbocycles. The van der Waals surface area contributed by atoms with Crippen molar-refractivity contribution in [3.8, 4) is 0 Å². The van der Waals surface area contributed by atoms with Crippen molar-refractivity contribution in [2.75, 3.05) is 32.9 Å². The third-order valence-corrected chi connectivity index (χ3v) is 4.92. The van der Waals surface area contributed by atoms with Gasteiger partial charge in [-0.1, -0.05) is 6.08 Å². The minimum Gasteiger partial charge on any atom is -0.478 e. The van der Waals surface area contributed by atoms with Crippen LogP contribution in [0.1, 0.15) is 33.1 Å². The van der Waals surface area contributed by atoms with Gasteiger partial charge in [-0.3, -0.25) is 9.69 Å². The Labute approximate surface area is 154 Å². The summed E-state index contributed by atoms with van der Waals surface area (Å²) in [5.41, 5.74) is 6.52. The van der Waals surface area contributed by atoms with Crippen LogP contribution < -0.4 is 11.1 Å². The van der Waals surface area contributed by atoms with Crippen molar-refractivity contribution in [1.82, 2.24) is 10.2 Å². The maximum absolute atomic E-state index is 11.6. The zero-order chi connectivity index (χ0) is 19.1. The van der Waals surface area contributed by atoms with Gasteiger partial charge in [-0.15, -0.1) is 0 Å². The average molecular weight is 369 g/mol. The number of carbonyl (C=O) groups excluding carboxylic acids is 1. The normalized spacial score (nSPS) is 29.9. The Balaban J connectivity index is 2.08. The number of nitrogens with two attached hydrogens (primary N) is 1. The fourth-order valence-corrected chi connectivity index (χ4v) is 3.72. The number of nitrogens with zero attached hydrogens (tertiary/aromatic N) is 1. The molecule has 1 fully saturated rings. The predicted octanol–water partition coefficient (Wildman–Crippen LogP) is 0.119. The average Bonchev–Trinajstić information content (AvgIpc) is 2.60. The molecule has 1 heterocycles. The minimum atomic E-state index is -0.951. The van der Waals surface area contributed by atoms with Gasteiger partial charge in [0, 0.05) is 31.7 Å². The molecule has 4 atom stereocenters. The zero-order valence-corrected chi connectivity index (χ0v) is 15.6. The summed E-state index contributed by atoms with van der Waals surface area (Å²) in [5.74, 6) is -1.11. The standard InChI is InChI=1S/C18H31N3O5/c1-3-25-7-8-26-14-5-4-6-21(11-14)16-10-13(18(23)24)9-15(19)17(16)20-12(2)22/h10,14-17H,3-9,11,19H2,1-2H3,(H,20,22)(H,23,24)/t14-,15-,16+,17+/m0/s1. The SMILES string of the molecule is CCOCCO[C@H]1CCCN([C@@H]2C=C(C(=O)O)C[C@H](N)[C@H]2NC(C)=O)C1. The van der Waals surface area contributed by atoms with Crippen molar-refractivity contribution < 1.29 is 24.2 Å². The van der Waals surface area contributed by atoms with Crippen LogP contribution in [-0.4, -0.2) is 79.0 Å². The topological polar surface area (TPSA) is 114 Å². The number of amides is 1. The van der Waals surface area contributed by atoms with Gasteiger partial charge in [0.05, 0.1) is 31.4 Å². The number of likely N-dealkylation sites (tertiary alicyclic amines) is 1. The van der Waals surface area contributed by atoms with Gasteiger partial charge in [0.15, 0.2) is 0 Å². The molecule has 0 aromatic carbocycles. The van der Waals surface area contributed by atoms with Crippen molar-refractivity contribution in [2.45, 2.75) is 57.3 Å². The Morgan fingerprint density at radius 2 is 2.19 bits per heavy atom. The second-order valence-corrected chi connectivity index (χ2v) is 6.91. The molecule has 1 amide bonds. The van der Waals surface area contributed by atoms with E-state index in [1.807, 2.05) is 6.92 Å². The van der Waals surface area contributed by atoms with E-state index < -0.39 is 12.0 Å². The number of rotatable bonds is 8. The first kappa shape index (κ1) is 20.8. The molecule has 0 unspecified atom stereocenters. The highest BCUT2D eigenvalue weighted by Crippen LogP contribution is 2.26. The third kappa shape index (κ3) is 5.77. The van der Waals surface area contributed by atoms with E-state index in [1.165, 1.54) is 6.92 Å². The second kappa shape index (κ2) is 10.0. The fourth-order valence-electron chi connectivity index (χ4n) is 3.72. The van der Waals surface area contributed by atoms with Crippen LogP contribution in [0.15, 0.2) is 11.6 Å². The van der Waals surface area contributed by atoms with Crippen molar-refractivity contribution in [3.05, 3.63) is 11.6 Å². The zero-order valence-electron chi connectivity index (χ0n) is 15.6. The minimum absolute atomic E-state index is 0.0713. The van der Waals surface area contributed by atoms with Gasteiger partial charge >= 0.3 is 5.97 Å². The van der Waals surface area contributed by atoms with Gasteiger partial charge in [-0.2, -0.15) is 0 Å². The summed E-state index contributed by atoms with van der Waals surface area (Å²) in [6.07, 6.45) is 3.98. The molecule has 0 aromatic rings. The molecule has 26 heavy (non-hydrogen) atoms. The number of piperidine rings is 1. The number of hydrogen-bond acceptors (Lipinski definition) is 6. The summed E-state index contributed by atoms with van der Waals surface area (Å²) in [4.78, 5) is 25.2. The van der Waals surface area contributed by atoms with Gasteiger partial charge < -0.3 is 25.6 Å². The molecular formula is C18H31N3O5. The van der Waals surface area contributed by atoms with Gasteiger partial charge in [0.2, 0.25) is 5.91 Å². The Hall–Kier alpha value is -1.48. The van der Waals surface area contributed by atoms with Crippen molar-refractivity contribution in [1.29, 1.82) is 0 Å². The maximum atomic E-state index is 11.6. The van der Waals surface area contributed by atoms with E-state index in [1.54, 1.807) is 6.08 Å². The third-order valence-electron chi connectivity index (χ3n) is 4.92. The first-order chi connectivity index (χ1) is 12.4.